The van der Waals surface area contributed by atoms with Crippen LogP contribution in [0.5, 0.6) is 0 Å². The van der Waals surface area contributed by atoms with E-state index < -0.39 is 0 Å². The zero-order chi connectivity index (χ0) is 23.1. The van der Waals surface area contributed by atoms with Crippen LogP contribution in [0.4, 0.5) is 4.39 Å². The summed E-state index contributed by atoms with van der Waals surface area (Å²) in [6.07, 6.45) is 1.40. The molecule has 0 radical (unpaired) electrons. The molecule has 32 heavy (non-hydrogen) atoms. The maximum atomic E-state index is 13.1. The van der Waals surface area contributed by atoms with Crippen molar-refractivity contribution >= 4 is 29.3 Å². The first-order chi connectivity index (χ1) is 15.4. The van der Waals surface area contributed by atoms with E-state index in [-0.39, 0.29) is 42.5 Å². The highest BCUT2D eigenvalue weighted by Gasteiger charge is 2.31. The molecule has 0 aromatic heterocycles. The predicted molar refractivity (Wildman–Crippen MR) is 121 cm³/mol. The van der Waals surface area contributed by atoms with E-state index in [2.05, 4.69) is 5.32 Å². The Morgan fingerprint density at radius 1 is 1.12 bits per heavy atom. The van der Waals surface area contributed by atoms with Crippen LogP contribution in [0.15, 0.2) is 48.5 Å². The molecule has 0 aliphatic carbocycles. The fourth-order valence-electron chi connectivity index (χ4n) is 3.77. The summed E-state index contributed by atoms with van der Waals surface area (Å²) in [6, 6.07) is 12.6. The number of likely N-dealkylation sites (tertiary alicyclic amines) is 1. The summed E-state index contributed by atoms with van der Waals surface area (Å²) in [5.41, 5.74) is 1.31. The topological polar surface area (TPSA) is 69.7 Å². The second kappa shape index (κ2) is 11.1. The molecule has 1 unspecified atom stereocenters. The van der Waals surface area contributed by atoms with Crippen LogP contribution in [-0.4, -0.2) is 53.7 Å². The van der Waals surface area contributed by atoms with Crippen molar-refractivity contribution in [1.82, 2.24) is 15.1 Å². The Morgan fingerprint density at radius 2 is 1.81 bits per heavy atom. The lowest BCUT2D eigenvalue weighted by molar-refractivity contribution is -0.140. The monoisotopic (exact) mass is 459 g/mol. The standard InChI is InChI=1S/C24H27ClFN3O3/c1-2-28(16-22(30)27-14-17-5-11-21(26)12-6-17)24(32)19-4-3-13-29(15-19)23(31)18-7-9-20(25)10-8-18/h5-12,19H,2-4,13-16H2,1H3,(H,27,30). The number of carbonyl (C=O) groups excluding carboxylic acids is 3. The maximum Gasteiger partial charge on any atom is 0.253 e. The van der Waals surface area contributed by atoms with Gasteiger partial charge < -0.3 is 15.1 Å². The number of hydrogen-bond donors (Lipinski definition) is 1. The second-order valence-electron chi connectivity index (χ2n) is 7.85. The molecule has 6 nitrogen and oxygen atoms in total. The average Bonchev–Trinajstić information content (AvgIpc) is 2.82. The summed E-state index contributed by atoms with van der Waals surface area (Å²) in [5, 5.41) is 3.32. The molecule has 0 spiro atoms. The maximum absolute atomic E-state index is 13.1. The van der Waals surface area contributed by atoms with Crippen molar-refractivity contribution in [3.63, 3.8) is 0 Å². The normalized spacial score (nSPS) is 15.8. The largest absolute Gasteiger partial charge is 0.350 e. The number of likely N-dealkylation sites (N-methyl/N-ethyl adjacent to an activating group) is 1. The van der Waals surface area contributed by atoms with E-state index in [0.717, 1.165) is 12.0 Å². The van der Waals surface area contributed by atoms with Gasteiger partial charge in [-0.25, -0.2) is 4.39 Å². The Labute approximate surface area is 192 Å². The highest BCUT2D eigenvalue weighted by atomic mass is 35.5. The minimum Gasteiger partial charge on any atom is -0.350 e. The van der Waals surface area contributed by atoms with Crippen LogP contribution in [0.2, 0.25) is 5.02 Å². The van der Waals surface area contributed by atoms with Gasteiger partial charge in [-0.1, -0.05) is 23.7 Å². The van der Waals surface area contributed by atoms with Gasteiger partial charge in [0.05, 0.1) is 12.5 Å². The van der Waals surface area contributed by atoms with E-state index in [1.54, 1.807) is 41.3 Å². The zero-order valence-corrected chi connectivity index (χ0v) is 18.8. The van der Waals surface area contributed by atoms with Crippen molar-refractivity contribution in [3.05, 3.63) is 70.5 Å². The molecule has 1 fully saturated rings. The SMILES string of the molecule is CCN(CC(=O)NCc1ccc(F)cc1)C(=O)C1CCCN(C(=O)c2ccc(Cl)cc2)C1. The van der Waals surface area contributed by atoms with Crippen molar-refractivity contribution in [2.45, 2.75) is 26.3 Å². The lowest BCUT2D eigenvalue weighted by Crippen LogP contribution is -2.48. The number of nitrogens with zero attached hydrogens (tertiary/aromatic N) is 2. The Morgan fingerprint density at radius 3 is 2.47 bits per heavy atom. The average molecular weight is 460 g/mol. The van der Waals surface area contributed by atoms with E-state index in [1.165, 1.54) is 17.0 Å². The third-order valence-corrected chi connectivity index (χ3v) is 5.83. The molecule has 1 aliphatic rings. The van der Waals surface area contributed by atoms with Gasteiger partial charge in [0.2, 0.25) is 11.8 Å². The van der Waals surface area contributed by atoms with Gasteiger partial charge in [-0.3, -0.25) is 14.4 Å². The molecule has 3 amide bonds. The molecule has 2 aromatic rings. The quantitative estimate of drug-likeness (QED) is 0.689. The highest BCUT2D eigenvalue weighted by molar-refractivity contribution is 6.30. The smallest absolute Gasteiger partial charge is 0.253 e. The number of nitrogens with one attached hydrogen (secondary N) is 1. The van der Waals surface area contributed by atoms with Crippen LogP contribution in [0.25, 0.3) is 0 Å². The second-order valence-corrected chi connectivity index (χ2v) is 8.29. The number of carbonyl (C=O) groups is 3. The summed E-state index contributed by atoms with van der Waals surface area (Å²) in [6.45, 7) is 3.34. The highest BCUT2D eigenvalue weighted by Crippen LogP contribution is 2.21. The zero-order valence-electron chi connectivity index (χ0n) is 18.0. The van der Waals surface area contributed by atoms with Gasteiger partial charge in [0.25, 0.3) is 5.91 Å². The Balaban J connectivity index is 1.55. The van der Waals surface area contributed by atoms with Gasteiger partial charge >= 0.3 is 0 Å². The fourth-order valence-corrected chi connectivity index (χ4v) is 3.90. The molecule has 2 aromatic carbocycles. The summed E-state index contributed by atoms with van der Waals surface area (Å²) < 4.78 is 13.0. The van der Waals surface area contributed by atoms with Gasteiger partial charge in [0.1, 0.15) is 5.82 Å². The van der Waals surface area contributed by atoms with Crippen LogP contribution in [0.1, 0.15) is 35.7 Å². The Hall–Kier alpha value is -2.93. The van der Waals surface area contributed by atoms with Gasteiger partial charge in [-0.2, -0.15) is 0 Å². The van der Waals surface area contributed by atoms with Crippen LogP contribution < -0.4 is 5.32 Å². The predicted octanol–water partition coefficient (Wildman–Crippen LogP) is 3.50. The van der Waals surface area contributed by atoms with Crippen molar-refractivity contribution in [3.8, 4) is 0 Å². The van der Waals surface area contributed by atoms with Crippen molar-refractivity contribution in [2.24, 2.45) is 5.92 Å². The van der Waals surface area contributed by atoms with Crippen LogP contribution in [-0.2, 0) is 16.1 Å². The molecule has 3 rings (SSSR count). The third kappa shape index (κ3) is 6.29. The number of benzene rings is 2. The van der Waals surface area contributed by atoms with Crippen LogP contribution in [0, 0.1) is 11.7 Å². The minimum absolute atomic E-state index is 0.0574. The van der Waals surface area contributed by atoms with Gasteiger partial charge in [0, 0.05) is 36.8 Å². The van der Waals surface area contributed by atoms with Crippen LogP contribution in [0.3, 0.4) is 0 Å². The fraction of sp³-hybridized carbons (Fsp3) is 0.375. The molecule has 0 saturated carbocycles. The summed E-state index contributed by atoms with van der Waals surface area (Å²) >= 11 is 5.90. The Bertz CT molecular complexity index is 950. The first-order valence-electron chi connectivity index (χ1n) is 10.7. The lowest BCUT2D eigenvalue weighted by atomic mass is 9.95. The third-order valence-electron chi connectivity index (χ3n) is 5.58. The van der Waals surface area contributed by atoms with E-state index in [4.69, 9.17) is 11.6 Å². The molecule has 1 heterocycles. The molecule has 1 aliphatic heterocycles. The van der Waals surface area contributed by atoms with E-state index >= 15 is 0 Å². The van der Waals surface area contributed by atoms with E-state index in [9.17, 15) is 18.8 Å². The summed E-state index contributed by atoms with van der Waals surface area (Å²) in [4.78, 5) is 41.5. The minimum atomic E-state index is -0.343. The molecular formula is C24H27ClFN3O3. The van der Waals surface area contributed by atoms with Crippen LogP contribution >= 0.6 is 11.6 Å². The number of rotatable bonds is 7. The first kappa shape index (κ1) is 23.7. The summed E-state index contributed by atoms with van der Waals surface area (Å²) in [7, 11) is 0. The van der Waals surface area contributed by atoms with Crippen molar-refractivity contribution in [2.75, 3.05) is 26.2 Å². The molecule has 1 N–H and O–H groups in total. The van der Waals surface area contributed by atoms with E-state index in [1.807, 2.05) is 6.92 Å². The number of amides is 3. The van der Waals surface area contributed by atoms with Gasteiger partial charge in [0.15, 0.2) is 0 Å². The molecule has 1 atom stereocenters. The number of piperidine rings is 1. The van der Waals surface area contributed by atoms with Crippen molar-refractivity contribution < 1.29 is 18.8 Å². The van der Waals surface area contributed by atoms with Gasteiger partial charge in [-0.05, 0) is 61.7 Å². The van der Waals surface area contributed by atoms with E-state index in [0.29, 0.717) is 36.6 Å². The Kier molecular flexibility index (Phi) is 8.22. The first-order valence-corrected chi connectivity index (χ1v) is 11.1. The molecule has 8 heteroatoms. The molecule has 0 bridgehead atoms. The number of hydrogen-bond acceptors (Lipinski definition) is 3. The molecule has 1 saturated heterocycles. The molecular weight excluding hydrogens is 433 g/mol. The summed E-state index contributed by atoms with van der Waals surface area (Å²) in [5.74, 6) is -1.21. The number of halogens is 2. The van der Waals surface area contributed by atoms with Crippen molar-refractivity contribution in [1.29, 1.82) is 0 Å². The molecule has 170 valence electrons. The lowest BCUT2D eigenvalue weighted by Gasteiger charge is -2.34. The van der Waals surface area contributed by atoms with Gasteiger partial charge in [-0.15, -0.1) is 0 Å².